The van der Waals surface area contributed by atoms with E-state index in [0.29, 0.717) is 0 Å². The summed E-state index contributed by atoms with van der Waals surface area (Å²) in [5.74, 6) is 0. The Kier molecular flexibility index (Phi) is 1.47. The van der Waals surface area contributed by atoms with Crippen molar-refractivity contribution in [2.45, 2.75) is 6.92 Å². The van der Waals surface area contributed by atoms with Crippen LogP contribution in [0.1, 0.15) is 5.56 Å². The normalized spacial score (nSPS) is 10.4. The van der Waals surface area contributed by atoms with Gasteiger partial charge in [0.2, 0.25) is 0 Å². The minimum absolute atomic E-state index is 0.787. The quantitative estimate of drug-likeness (QED) is 0.596. The SMILES string of the molecule is Cc1cnc2ccc(N)cc2c1. The van der Waals surface area contributed by atoms with Gasteiger partial charge in [-0.2, -0.15) is 0 Å². The van der Waals surface area contributed by atoms with Gasteiger partial charge in [0.05, 0.1) is 5.52 Å². The second-order valence-electron chi connectivity index (χ2n) is 2.96. The first-order valence-corrected chi connectivity index (χ1v) is 3.87. The Morgan fingerprint density at radius 1 is 1.25 bits per heavy atom. The molecule has 0 radical (unpaired) electrons. The summed E-state index contributed by atoms with van der Waals surface area (Å²) >= 11 is 0. The molecule has 2 heteroatoms. The lowest BCUT2D eigenvalue weighted by atomic mass is 10.1. The summed E-state index contributed by atoms with van der Waals surface area (Å²) in [6.07, 6.45) is 1.86. The third kappa shape index (κ3) is 1.11. The fraction of sp³-hybridized carbons (Fsp3) is 0.100. The lowest BCUT2D eigenvalue weighted by Crippen LogP contribution is -1.85. The number of fused-ring (bicyclic) bond motifs is 1. The third-order valence-electron chi connectivity index (χ3n) is 1.84. The first-order chi connectivity index (χ1) is 5.75. The average Bonchev–Trinajstić information content (AvgIpc) is 2.03. The predicted molar refractivity (Wildman–Crippen MR) is 50.9 cm³/mol. The topological polar surface area (TPSA) is 38.9 Å². The summed E-state index contributed by atoms with van der Waals surface area (Å²) in [6, 6.07) is 7.82. The standard InChI is InChI=1S/C10H10N2/c1-7-4-8-5-9(11)2-3-10(8)12-6-7/h2-6H,11H2,1H3. The van der Waals surface area contributed by atoms with Crippen molar-refractivity contribution in [3.63, 3.8) is 0 Å². The van der Waals surface area contributed by atoms with E-state index in [1.54, 1.807) is 0 Å². The second kappa shape index (κ2) is 2.48. The molecule has 0 saturated heterocycles. The Bertz CT molecular complexity index is 384. The van der Waals surface area contributed by atoms with Gasteiger partial charge in [-0.1, -0.05) is 0 Å². The number of nitrogens with zero attached hydrogens (tertiary/aromatic N) is 1. The van der Waals surface area contributed by atoms with Crippen LogP contribution in [-0.2, 0) is 0 Å². The van der Waals surface area contributed by atoms with E-state index in [4.69, 9.17) is 5.73 Å². The molecule has 0 aliphatic rings. The Balaban J connectivity index is 2.80. The van der Waals surface area contributed by atoms with Crippen LogP contribution in [0.2, 0.25) is 0 Å². The molecule has 60 valence electrons. The molecule has 2 nitrogen and oxygen atoms in total. The van der Waals surface area contributed by atoms with Gasteiger partial charge in [0.1, 0.15) is 0 Å². The van der Waals surface area contributed by atoms with E-state index < -0.39 is 0 Å². The summed E-state index contributed by atoms with van der Waals surface area (Å²) in [4.78, 5) is 4.27. The van der Waals surface area contributed by atoms with Crippen molar-refractivity contribution >= 4 is 16.6 Å². The zero-order chi connectivity index (χ0) is 8.55. The molecule has 0 bridgehead atoms. The highest BCUT2D eigenvalue weighted by Crippen LogP contribution is 2.15. The zero-order valence-corrected chi connectivity index (χ0v) is 6.91. The monoisotopic (exact) mass is 158 g/mol. The number of nitrogen functional groups attached to an aromatic ring is 1. The lowest BCUT2D eigenvalue weighted by Gasteiger charge is -1.99. The molecule has 0 spiro atoms. The summed E-state index contributed by atoms with van der Waals surface area (Å²) < 4.78 is 0. The number of pyridine rings is 1. The van der Waals surface area contributed by atoms with Crippen LogP contribution < -0.4 is 5.73 Å². The molecule has 2 aromatic rings. The largest absolute Gasteiger partial charge is 0.399 e. The molecule has 0 saturated carbocycles. The highest BCUT2D eigenvalue weighted by molar-refractivity contribution is 5.82. The first-order valence-electron chi connectivity index (χ1n) is 3.87. The van der Waals surface area contributed by atoms with Crippen molar-refractivity contribution in [3.05, 3.63) is 36.0 Å². The number of hydrogen-bond donors (Lipinski definition) is 1. The molecule has 0 amide bonds. The molecule has 0 atom stereocenters. The van der Waals surface area contributed by atoms with Crippen molar-refractivity contribution < 1.29 is 0 Å². The smallest absolute Gasteiger partial charge is 0.0703 e. The van der Waals surface area contributed by atoms with Crippen molar-refractivity contribution in [1.29, 1.82) is 0 Å². The van der Waals surface area contributed by atoms with Crippen LogP contribution in [0.25, 0.3) is 10.9 Å². The zero-order valence-electron chi connectivity index (χ0n) is 6.91. The van der Waals surface area contributed by atoms with E-state index >= 15 is 0 Å². The van der Waals surface area contributed by atoms with Gasteiger partial charge >= 0.3 is 0 Å². The summed E-state index contributed by atoms with van der Waals surface area (Å²) in [5, 5.41) is 1.11. The van der Waals surface area contributed by atoms with Crippen LogP contribution in [0.5, 0.6) is 0 Å². The fourth-order valence-corrected chi connectivity index (χ4v) is 1.26. The van der Waals surface area contributed by atoms with Crippen LogP contribution in [0.4, 0.5) is 5.69 Å². The average molecular weight is 158 g/mol. The number of rotatable bonds is 0. The molecule has 0 unspecified atom stereocenters. The van der Waals surface area contributed by atoms with Gasteiger partial charge in [-0.15, -0.1) is 0 Å². The molecule has 1 aromatic heterocycles. The minimum atomic E-state index is 0.787. The van der Waals surface area contributed by atoms with E-state index in [0.717, 1.165) is 22.2 Å². The highest BCUT2D eigenvalue weighted by Gasteiger charge is 1.94. The predicted octanol–water partition coefficient (Wildman–Crippen LogP) is 2.13. The molecule has 1 heterocycles. The van der Waals surface area contributed by atoms with Crippen molar-refractivity contribution in [2.24, 2.45) is 0 Å². The summed E-state index contributed by atoms with van der Waals surface area (Å²) in [7, 11) is 0. The molecule has 2 rings (SSSR count). The molecular formula is C10H10N2. The summed E-state index contributed by atoms with van der Waals surface area (Å²) in [6.45, 7) is 2.02. The number of nitrogens with two attached hydrogens (primary N) is 1. The summed E-state index contributed by atoms with van der Waals surface area (Å²) in [5.41, 5.74) is 8.59. The highest BCUT2D eigenvalue weighted by atomic mass is 14.7. The van der Waals surface area contributed by atoms with Crippen LogP contribution in [0, 0.1) is 6.92 Å². The van der Waals surface area contributed by atoms with Crippen LogP contribution in [0.15, 0.2) is 30.5 Å². The van der Waals surface area contributed by atoms with Crippen molar-refractivity contribution in [2.75, 3.05) is 5.73 Å². The lowest BCUT2D eigenvalue weighted by molar-refractivity contribution is 1.33. The van der Waals surface area contributed by atoms with Crippen molar-refractivity contribution in [3.8, 4) is 0 Å². The van der Waals surface area contributed by atoms with Gasteiger partial charge in [0.15, 0.2) is 0 Å². The Morgan fingerprint density at radius 2 is 2.08 bits per heavy atom. The number of aryl methyl sites for hydroxylation is 1. The number of benzene rings is 1. The van der Waals surface area contributed by atoms with Crippen LogP contribution >= 0.6 is 0 Å². The molecule has 1 aromatic carbocycles. The fourth-order valence-electron chi connectivity index (χ4n) is 1.26. The van der Waals surface area contributed by atoms with Crippen LogP contribution in [-0.4, -0.2) is 4.98 Å². The molecule has 2 N–H and O–H groups in total. The molecule has 0 aliphatic heterocycles. The van der Waals surface area contributed by atoms with Crippen molar-refractivity contribution in [1.82, 2.24) is 4.98 Å². The van der Waals surface area contributed by atoms with Gasteiger partial charge in [0, 0.05) is 17.3 Å². The van der Waals surface area contributed by atoms with Gasteiger partial charge in [-0.25, -0.2) is 0 Å². The van der Waals surface area contributed by atoms with E-state index in [1.165, 1.54) is 0 Å². The third-order valence-corrected chi connectivity index (χ3v) is 1.84. The minimum Gasteiger partial charge on any atom is -0.399 e. The Hall–Kier alpha value is -1.57. The molecule has 12 heavy (non-hydrogen) atoms. The second-order valence-corrected chi connectivity index (χ2v) is 2.96. The van der Waals surface area contributed by atoms with E-state index in [1.807, 2.05) is 31.3 Å². The molecule has 0 aliphatic carbocycles. The van der Waals surface area contributed by atoms with Gasteiger partial charge in [-0.3, -0.25) is 4.98 Å². The number of aromatic nitrogens is 1. The van der Waals surface area contributed by atoms with Crippen LogP contribution in [0.3, 0.4) is 0 Å². The van der Waals surface area contributed by atoms with E-state index in [9.17, 15) is 0 Å². The maximum atomic E-state index is 5.65. The molecule has 0 fully saturated rings. The van der Waals surface area contributed by atoms with Gasteiger partial charge in [0.25, 0.3) is 0 Å². The Labute approximate surface area is 71.0 Å². The first kappa shape index (κ1) is 7.10. The molecular weight excluding hydrogens is 148 g/mol. The maximum Gasteiger partial charge on any atom is 0.0703 e. The van der Waals surface area contributed by atoms with Gasteiger partial charge in [-0.05, 0) is 36.8 Å². The van der Waals surface area contributed by atoms with E-state index in [-0.39, 0.29) is 0 Å². The Morgan fingerprint density at radius 3 is 2.92 bits per heavy atom. The van der Waals surface area contributed by atoms with Gasteiger partial charge < -0.3 is 5.73 Å². The van der Waals surface area contributed by atoms with E-state index in [2.05, 4.69) is 11.1 Å². The number of hydrogen-bond acceptors (Lipinski definition) is 2. The number of anilines is 1. The maximum absolute atomic E-state index is 5.65.